The zero-order valence-corrected chi connectivity index (χ0v) is 14.0. The van der Waals surface area contributed by atoms with Crippen LogP contribution in [0.15, 0.2) is 44.1 Å². The predicted molar refractivity (Wildman–Crippen MR) is 82.2 cm³/mol. The Labute approximate surface area is 132 Å². The van der Waals surface area contributed by atoms with Crippen molar-refractivity contribution in [1.29, 1.82) is 0 Å². The molecule has 0 aliphatic carbocycles. The minimum absolute atomic E-state index is 0.0872. The van der Waals surface area contributed by atoms with Gasteiger partial charge in [0.15, 0.2) is 0 Å². The number of aliphatic hydroxyl groups excluding tert-OH is 1. The molecule has 0 aliphatic rings. The van der Waals surface area contributed by atoms with Crippen LogP contribution in [0.2, 0.25) is 0 Å². The number of hydrogen-bond acceptors (Lipinski definition) is 4. The minimum Gasteiger partial charge on any atom is -0.465 e. The van der Waals surface area contributed by atoms with Crippen molar-refractivity contribution in [2.24, 2.45) is 0 Å². The summed E-state index contributed by atoms with van der Waals surface area (Å²) in [6.07, 6.45) is 0. The van der Waals surface area contributed by atoms with Gasteiger partial charge in [0.25, 0.3) is 0 Å². The van der Waals surface area contributed by atoms with Crippen molar-refractivity contribution in [3.05, 3.63) is 51.9 Å². The molecule has 1 atom stereocenters. The summed E-state index contributed by atoms with van der Waals surface area (Å²) < 4.78 is 33.3. The number of halogens is 1. The van der Waals surface area contributed by atoms with Gasteiger partial charge in [-0.3, -0.25) is 0 Å². The van der Waals surface area contributed by atoms with Gasteiger partial charge in [0.2, 0.25) is 10.0 Å². The average molecular weight is 374 g/mol. The van der Waals surface area contributed by atoms with Gasteiger partial charge in [-0.25, -0.2) is 13.1 Å². The van der Waals surface area contributed by atoms with E-state index in [0.29, 0.717) is 15.8 Å². The van der Waals surface area contributed by atoms with Gasteiger partial charge in [0, 0.05) is 4.47 Å². The topological polar surface area (TPSA) is 79.5 Å². The van der Waals surface area contributed by atoms with Crippen LogP contribution in [-0.4, -0.2) is 13.5 Å². The molecule has 7 heteroatoms. The van der Waals surface area contributed by atoms with Gasteiger partial charge >= 0.3 is 0 Å². The van der Waals surface area contributed by atoms with Crippen LogP contribution in [-0.2, 0) is 16.6 Å². The molecule has 1 unspecified atom stereocenters. The summed E-state index contributed by atoms with van der Waals surface area (Å²) in [7, 11) is -3.73. The molecular weight excluding hydrogens is 358 g/mol. The molecule has 2 aromatic rings. The Morgan fingerprint density at radius 2 is 2.05 bits per heavy atom. The monoisotopic (exact) mass is 373 g/mol. The molecule has 21 heavy (non-hydrogen) atoms. The Hall–Kier alpha value is -1.15. The Morgan fingerprint density at radius 3 is 2.62 bits per heavy atom. The summed E-state index contributed by atoms with van der Waals surface area (Å²) in [5, 5.41) is 9.14. The summed E-state index contributed by atoms with van der Waals surface area (Å²) >= 11 is 3.22. The highest BCUT2D eigenvalue weighted by molar-refractivity contribution is 9.10. The van der Waals surface area contributed by atoms with E-state index in [4.69, 9.17) is 9.52 Å². The van der Waals surface area contributed by atoms with E-state index in [1.807, 2.05) is 0 Å². The number of rotatable bonds is 5. The van der Waals surface area contributed by atoms with Gasteiger partial charge in [-0.05, 0) is 59.6 Å². The maximum absolute atomic E-state index is 12.4. The molecule has 114 valence electrons. The fraction of sp³-hybridized carbons (Fsp3) is 0.286. The summed E-state index contributed by atoms with van der Waals surface area (Å²) in [6.45, 7) is 3.29. The van der Waals surface area contributed by atoms with Crippen LogP contribution in [0.3, 0.4) is 0 Å². The van der Waals surface area contributed by atoms with Gasteiger partial charge in [-0.1, -0.05) is 6.07 Å². The number of sulfonamides is 1. The first kappa shape index (κ1) is 16.2. The first-order valence-corrected chi connectivity index (χ1v) is 8.59. The smallest absolute Gasteiger partial charge is 0.242 e. The van der Waals surface area contributed by atoms with Crippen LogP contribution in [0.4, 0.5) is 0 Å². The van der Waals surface area contributed by atoms with Crippen molar-refractivity contribution in [2.75, 3.05) is 0 Å². The van der Waals surface area contributed by atoms with E-state index in [1.54, 1.807) is 38.1 Å². The lowest BCUT2D eigenvalue weighted by Crippen LogP contribution is -2.27. The predicted octanol–water partition coefficient (Wildman–Crippen LogP) is 2.88. The van der Waals surface area contributed by atoms with Crippen molar-refractivity contribution in [1.82, 2.24) is 4.72 Å². The molecule has 0 amide bonds. The van der Waals surface area contributed by atoms with Gasteiger partial charge < -0.3 is 9.52 Å². The maximum atomic E-state index is 12.4. The van der Waals surface area contributed by atoms with E-state index in [1.165, 1.54) is 6.07 Å². The van der Waals surface area contributed by atoms with Crippen LogP contribution in [0.5, 0.6) is 0 Å². The second-order valence-electron chi connectivity index (χ2n) is 4.71. The minimum atomic E-state index is -3.73. The number of benzene rings is 1. The first-order valence-electron chi connectivity index (χ1n) is 6.31. The normalized spacial score (nSPS) is 13.3. The molecular formula is C14H16BrNO4S. The van der Waals surface area contributed by atoms with Crippen molar-refractivity contribution < 1.29 is 17.9 Å². The lowest BCUT2D eigenvalue weighted by atomic mass is 10.2. The fourth-order valence-electron chi connectivity index (χ4n) is 1.89. The van der Waals surface area contributed by atoms with Crippen molar-refractivity contribution >= 4 is 26.0 Å². The Morgan fingerprint density at radius 1 is 1.33 bits per heavy atom. The van der Waals surface area contributed by atoms with Crippen LogP contribution in [0.1, 0.15) is 30.0 Å². The second kappa shape index (κ2) is 6.31. The van der Waals surface area contributed by atoms with Crippen LogP contribution in [0, 0.1) is 6.92 Å². The first-order chi connectivity index (χ1) is 9.83. The van der Waals surface area contributed by atoms with E-state index >= 15 is 0 Å². The van der Waals surface area contributed by atoms with Gasteiger partial charge in [0.05, 0.1) is 17.5 Å². The molecule has 0 radical (unpaired) electrons. The highest BCUT2D eigenvalue weighted by Gasteiger charge is 2.22. The van der Waals surface area contributed by atoms with Crippen molar-refractivity contribution in [3.63, 3.8) is 0 Å². The molecule has 0 aliphatic heterocycles. The largest absolute Gasteiger partial charge is 0.465 e. The average Bonchev–Trinajstić information content (AvgIpc) is 2.85. The summed E-state index contributed by atoms with van der Waals surface area (Å²) in [5.74, 6) is 1.27. The van der Waals surface area contributed by atoms with Gasteiger partial charge in [0.1, 0.15) is 11.5 Å². The van der Waals surface area contributed by atoms with Crippen LogP contribution >= 0.6 is 15.9 Å². The van der Waals surface area contributed by atoms with Gasteiger partial charge in [-0.2, -0.15) is 0 Å². The molecule has 1 heterocycles. The molecule has 5 nitrogen and oxygen atoms in total. The van der Waals surface area contributed by atoms with Crippen LogP contribution in [0.25, 0.3) is 0 Å². The summed E-state index contributed by atoms with van der Waals surface area (Å²) in [6, 6.07) is 7.72. The van der Waals surface area contributed by atoms with E-state index in [9.17, 15) is 8.42 Å². The molecule has 0 bridgehead atoms. The highest BCUT2D eigenvalue weighted by atomic mass is 79.9. The lowest BCUT2D eigenvalue weighted by Gasteiger charge is -2.14. The van der Waals surface area contributed by atoms with Crippen molar-refractivity contribution in [2.45, 2.75) is 31.4 Å². The number of aliphatic hydroxyl groups is 1. The van der Waals surface area contributed by atoms with Gasteiger partial charge in [-0.15, -0.1) is 0 Å². The number of aryl methyl sites for hydroxylation is 1. The third kappa shape index (κ3) is 3.74. The zero-order valence-electron chi connectivity index (χ0n) is 11.6. The molecule has 2 rings (SSSR count). The van der Waals surface area contributed by atoms with Crippen molar-refractivity contribution in [3.8, 4) is 0 Å². The lowest BCUT2D eigenvalue weighted by molar-refractivity contribution is 0.281. The molecule has 2 N–H and O–H groups in total. The van der Waals surface area contributed by atoms with E-state index < -0.39 is 16.1 Å². The third-order valence-electron chi connectivity index (χ3n) is 2.99. The number of hydrogen-bond donors (Lipinski definition) is 2. The standard InChI is InChI=1S/C14H16BrNO4S/c1-9-3-6-13(20-9)10(2)16-21(18,19)14-7-11(8-17)4-5-12(14)15/h3-7,10,16-17H,8H2,1-2H3. The zero-order chi connectivity index (χ0) is 15.6. The molecule has 0 saturated carbocycles. The maximum Gasteiger partial charge on any atom is 0.242 e. The quantitative estimate of drug-likeness (QED) is 0.844. The van der Waals surface area contributed by atoms with E-state index in [0.717, 1.165) is 5.76 Å². The SMILES string of the molecule is Cc1ccc(C(C)NS(=O)(=O)c2cc(CO)ccc2Br)o1. The second-order valence-corrected chi connectivity index (χ2v) is 7.25. The third-order valence-corrected chi connectivity index (χ3v) is 5.52. The molecule has 0 saturated heterocycles. The van der Waals surface area contributed by atoms with Crippen LogP contribution < -0.4 is 4.72 Å². The molecule has 0 fully saturated rings. The number of furan rings is 1. The molecule has 1 aromatic heterocycles. The Kier molecular flexibility index (Phi) is 4.88. The summed E-state index contributed by atoms with van der Waals surface area (Å²) in [5.41, 5.74) is 0.528. The fourth-order valence-corrected chi connectivity index (χ4v) is 4.12. The Balaban J connectivity index is 2.30. The summed E-state index contributed by atoms with van der Waals surface area (Å²) in [4.78, 5) is 0.0872. The van der Waals surface area contributed by atoms with E-state index in [-0.39, 0.29) is 11.5 Å². The highest BCUT2D eigenvalue weighted by Crippen LogP contribution is 2.25. The molecule has 0 spiro atoms. The molecule has 1 aromatic carbocycles. The van der Waals surface area contributed by atoms with E-state index in [2.05, 4.69) is 20.7 Å². The number of nitrogens with one attached hydrogen (secondary N) is 1. The Bertz CT molecular complexity index is 739.